The van der Waals surface area contributed by atoms with Crippen LogP contribution in [-0.2, 0) is 18.6 Å². The number of halogens is 3. The second-order valence-electron chi connectivity index (χ2n) is 8.73. The van der Waals surface area contributed by atoms with Crippen molar-refractivity contribution in [1.82, 2.24) is 0 Å². The second-order valence-corrected chi connectivity index (χ2v) is 15.3. The molecule has 0 saturated carbocycles. The van der Waals surface area contributed by atoms with Crippen molar-refractivity contribution >= 4 is 59.4 Å². The van der Waals surface area contributed by atoms with Gasteiger partial charge in [0.25, 0.3) is 12.1 Å². The van der Waals surface area contributed by atoms with Gasteiger partial charge in [0, 0.05) is 7.11 Å². The summed E-state index contributed by atoms with van der Waals surface area (Å²) < 4.78 is 21.5. The molecular formula is C25H32Cl3NO4Si. The highest BCUT2D eigenvalue weighted by Crippen LogP contribution is 2.37. The predicted octanol–water partition coefficient (Wildman–Crippen LogP) is 5.47. The predicted molar refractivity (Wildman–Crippen MR) is 143 cm³/mol. The zero-order chi connectivity index (χ0) is 25.4. The normalized spacial score (nSPS) is 14.3. The van der Waals surface area contributed by atoms with Crippen molar-refractivity contribution < 1.29 is 18.6 Å². The Balaban J connectivity index is 2.49. The van der Waals surface area contributed by atoms with Crippen molar-refractivity contribution in [3.63, 3.8) is 0 Å². The van der Waals surface area contributed by atoms with Crippen LogP contribution in [0.3, 0.4) is 0 Å². The first-order valence-electron chi connectivity index (χ1n) is 10.8. The van der Waals surface area contributed by atoms with Crippen molar-refractivity contribution in [2.75, 3.05) is 20.5 Å². The molecule has 0 unspecified atom stereocenters. The van der Waals surface area contributed by atoms with Crippen LogP contribution in [0.4, 0.5) is 0 Å². The molecule has 0 heterocycles. The van der Waals surface area contributed by atoms with Crippen LogP contribution < -0.4 is 10.4 Å². The van der Waals surface area contributed by atoms with Gasteiger partial charge in [-0.1, -0.05) is 123 Å². The van der Waals surface area contributed by atoms with Crippen LogP contribution in [0.1, 0.15) is 20.8 Å². The number of alkyl halides is 3. The van der Waals surface area contributed by atoms with E-state index in [4.69, 9.17) is 58.8 Å². The van der Waals surface area contributed by atoms with Gasteiger partial charge in [0.05, 0.1) is 6.61 Å². The quantitative estimate of drug-likeness (QED) is 0.102. The maximum atomic E-state index is 7.98. The first-order valence-corrected chi connectivity index (χ1v) is 13.8. The van der Waals surface area contributed by atoms with Crippen LogP contribution in [-0.4, -0.2) is 50.7 Å². The minimum absolute atomic E-state index is 0.0103. The van der Waals surface area contributed by atoms with Crippen molar-refractivity contribution in [2.24, 2.45) is 0 Å². The summed E-state index contributed by atoms with van der Waals surface area (Å²) in [5.74, 6) is -0.529. The summed E-state index contributed by atoms with van der Waals surface area (Å²) >= 11 is 17.5. The molecule has 0 aromatic heterocycles. The molecule has 0 aliphatic rings. The molecule has 2 aromatic carbocycles. The van der Waals surface area contributed by atoms with Gasteiger partial charge in [-0.2, -0.15) is 0 Å². The van der Waals surface area contributed by atoms with E-state index < -0.39 is 30.2 Å². The molecule has 0 bridgehead atoms. The first kappa shape index (κ1) is 28.9. The summed E-state index contributed by atoms with van der Waals surface area (Å²) in [7, 11) is -1.31. The molecule has 2 rings (SSSR count). The Morgan fingerprint density at radius 3 is 1.88 bits per heavy atom. The molecular weight excluding hydrogens is 513 g/mol. The fourth-order valence-electron chi connectivity index (χ4n) is 3.84. The van der Waals surface area contributed by atoms with Gasteiger partial charge in [0.15, 0.2) is 0 Å². The lowest BCUT2D eigenvalue weighted by molar-refractivity contribution is -0.112. The fraction of sp³-hybridized carbons (Fsp3) is 0.400. The zero-order valence-electron chi connectivity index (χ0n) is 19.9. The molecule has 0 fully saturated rings. The van der Waals surface area contributed by atoms with E-state index in [0.717, 1.165) is 10.4 Å². The third kappa shape index (κ3) is 7.07. The Labute approximate surface area is 218 Å². The molecule has 0 saturated heterocycles. The standard InChI is InChI=1S/C25H32Cl3NO4Si/c1-6-21(33-23(29)25(26,27)28)22(31-18-30-5)17-32-34(24(2,3)4,19-13-9-7-10-14-19)20-15-11-8-12-16-20/h6-16,21-22,29H,1,17-18H2,2-5H3/t21-,22-/m0/s1. The number of methoxy groups -OCH3 is 1. The number of benzene rings is 2. The number of hydrogen-bond acceptors (Lipinski definition) is 5. The Hall–Kier alpha value is -1.38. The van der Waals surface area contributed by atoms with Crippen LogP contribution in [0, 0.1) is 5.41 Å². The van der Waals surface area contributed by atoms with E-state index >= 15 is 0 Å². The lowest BCUT2D eigenvalue weighted by Crippen LogP contribution is -2.67. The van der Waals surface area contributed by atoms with E-state index in [0.29, 0.717) is 0 Å². The van der Waals surface area contributed by atoms with E-state index in [1.165, 1.54) is 13.2 Å². The highest BCUT2D eigenvalue weighted by molar-refractivity contribution is 6.99. The van der Waals surface area contributed by atoms with Gasteiger partial charge in [-0.3, -0.25) is 5.41 Å². The van der Waals surface area contributed by atoms with Gasteiger partial charge in [0.1, 0.15) is 19.0 Å². The summed E-state index contributed by atoms with van der Waals surface area (Å²) in [6.45, 7) is 10.5. The Morgan fingerprint density at radius 2 is 1.50 bits per heavy atom. The average Bonchev–Trinajstić information content (AvgIpc) is 2.79. The lowest BCUT2D eigenvalue weighted by Gasteiger charge is -2.44. The van der Waals surface area contributed by atoms with Gasteiger partial charge < -0.3 is 18.6 Å². The minimum Gasteiger partial charge on any atom is -0.468 e. The fourth-order valence-corrected chi connectivity index (χ4v) is 8.54. The van der Waals surface area contributed by atoms with Gasteiger partial charge in [-0.05, 0) is 21.5 Å². The summed E-state index contributed by atoms with van der Waals surface area (Å²) in [5.41, 5.74) is 0. The summed E-state index contributed by atoms with van der Waals surface area (Å²) in [4.78, 5) is 0. The Morgan fingerprint density at radius 1 is 1.00 bits per heavy atom. The minimum atomic E-state index is -2.83. The maximum absolute atomic E-state index is 7.98. The third-order valence-corrected chi connectivity index (χ3v) is 10.9. The molecule has 0 amide bonds. The van der Waals surface area contributed by atoms with E-state index in [9.17, 15) is 0 Å². The molecule has 0 aliphatic carbocycles. The molecule has 9 heteroatoms. The third-order valence-electron chi connectivity index (χ3n) is 5.39. The van der Waals surface area contributed by atoms with Gasteiger partial charge in [-0.15, -0.1) is 0 Å². The monoisotopic (exact) mass is 543 g/mol. The topological polar surface area (TPSA) is 60.8 Å². The molecule has 0 spiro atoms. The van der Waals surface area contributed by atoms with E-state index in [2.05, 4.69) is 51.6 Å². The van der Waals surface area contributed by atoms with Crippen LogP contribution in [0.2, 0.25) is 5.04 Å². The smallest absolute Gasteiger partial charge is 0.265 e. The molecule has 2 atom stereocenters. The van der Waals surface area contributed by atoms with Gasteiger partial charge in [-0.25, -0.2) is 0 Å². The molecule has 186 valence electrons. The van der Waals surface area contributed by atoms with E-state index in [1.807, 2.05) is 36.4 Å². The van der Waals surface area contributed by atoms with Gasteiger partial charge >= 0.3 is 0 Å². The molecule has 0 radical (unpaired) electrons. The molecule has 1 N–H and O–H groups in total. The largest absolute Gasteiger partial charge is 0.468 e. The maximum Gasteiger partial charge on any atom is 0.265 e. The van der Waals surface area contributed by atoms with Crippen LogP contribution in [0.25, 0.3) is 0 Å². The SMILES string of the molecule is C=C[C@H](OC(=N)C(Cl)(Cl)Cl)[C@H](CO[Si](c1ccccc1)(c1ccccc1)C(C)(C)C)OCOC. The number of nitrogens with one attached hydrogen (secondary N) is 1. The highest BCUT2D eigenvalue weighted by Gasteiger charge is 2.50. The van der Waals surface area contributed by atoms with Crippen LogP contribution >= 0.6 is 34.8 Å². The summed E-state index contributed by atoms with van der Waals surface area (Å²) in [6, 6.07) is 20.5. The average molecular weight is 545 g/mol. The number of hydrogen-bond donors (Lipinski definition) is 1. The van der Waals surface area contributed by atoms with Gasteiger partial charge in [0.2, 0.25) is 5.90 Å². The van der Waals surface area contributed by atoms with E-state index in [1.54, 1.807) is 0 Å². The highest BCUT2D eigenvalue weighted by atomic mass is 35.6. The van der Waals surface area contributed by atoms with Crippen molar-refractivity contribution in [2.45, 2.75) is 41.8 Å². The second kappa shape index (κ2) is 12.5. The lowest BCUT2D eigenvalue weighted by atomic mass is 10.2. The summed E-state index contributed by atoms with van der Waals surface area (Å²) in [5, 5.41) is 10.0. The molecule has 5 nitrogen and oxygen atoms in total. The molecule has 2 aromatic rings. The van der Waals surface area contributed by atoms with Crippen molar-refractivity contribution in [1.29, 1.82) is 5.41 Å². The molecule has 0 aliphatic heterocycles. The van der Waals surface area contributed by atoms with Crippen LogP contribution in [0.5, 0.6) is 0 Å². The van der Waals surface area contributed by atoms with Crippen molar-refractivity contribution in [3.05, 3.63) is 73.3 Å². The first-order chi connectivity index (χ1) is 16.0. The summed E-state index contributed by atoms with van der Waals surface area (Å²) in [6.07, 6.45) is 0.0169. The van der Waals surface area contributed by atoms with Crippen LogP contribution in [0.15, 0.2) is 73.3 Å². The Kier molecular flexibility index (Phi) is 10.6. The van der Waals surface area contributed by atoms with E-state index in [-0.39, 0.29) is 18.4 Å². The molecule has 34 heavy (non-hydrogen) atoms. The number of rotatable bonds is 11. The zero-order valence-corrected chi connectivity index (χ0v) is 23.2. The van der Waals surface area contributed by atoms with Crippen molar-refractivity contribution in [3.8, 4) is 0 Å². The number of ether oxygens (including phenoxy) is 3. The Bertz CT molecular complexity index is 878.